The molecule has 0 fully saturated rings. The van der Waals surface area contributed by atoms with Gasteiger partial charge >= 0.3 is 6.03 Å². The average Bonchev–Trinajstić information content (AvgIpc) is 2.67. The molecule has 2 aromatic rings. The van der Waals surface area contributed by atoms with Gasteiger partial charge < -0.3 is 10.6 Å². The van der Waals surface area contributed by atoms with Crippen LogP contribution in [0.4, 0.5) is 10.5 Å². The van der Waals surface area contributed by atoms with Crippen molar-refractivity contribution >= 4 is 23.8 Å². The summed E-state index contributed by atoms with van der Waals surface area (Å²) in [6, 6.07) is 16.3. The number of hydrazone groups is 1. The van der Waals surface area contributed by atoms with Gasteiger partial charge in [-0.1, -0.05) is 36.4 Å². The van der Waals surface area contributed by atoms with E-state index in [0.717, 1.165) is 12.8 Å². The van der Waals surface area contributed by atoms with E-state index in [-0.39, 0.29) is 11.9 Å². The number of carbonyl (C=O) groups excluding carboxylic acids is 2. The van der Waals surface area contributed by atoms with Crippen LogP contribution in [0.2, 0.25) is 0 Å². The number of benzene rings is 2. The zero-order chi connectivity index (χ0) is 18.6. The maximum absolute atomic E-state index is 12.0. The molecule has 0 radical (unpaired) electrons. The van der Waals surface area contributed by atoms with Gasteiger partial charge in [0.2, 0.25) is 0 Å². The third-order valence-electron chi connectivity index (χ3n) is 3.47. The van der Waals surface area contributed by atoms with Crippen LogP contribution in [0.1, 0.15) is 22.3 Å². The lowest BCUT2D eigenvalue weighted by molar-refractivity contribution is 0.0955. The zero-order valence-electron chi connectivity index (χ0n) is 14.4. The Kier molecular flexibility index (Phi) is 7.61. The molecule has 6 heteroatoms. The van der Waals surface area contributed by atoms with E-state index in [4.69, 9.17) is 0 Å². The van der Waals surface area contributed by atoms with Crippen molar-refractivity contribution in [2.75, 3.05) is 11.9 Å². The Morgan fingerprint density at radius 2 is 1.77 bits per heavy atom. The summed E-state index contributed by atoms with van der Waals surface area (Å²) in [5, 5.41) is 9.22. The summed E-state index contributed by atoms with van der Waals surface area (Å²) in [5.74, 6) is -0.302. The summed E-state index contributed by atoms with van der Waals surface area (Å²) in [6.45, 7) is 3.91. The van der Waals surface area contributed by atoms with Gasteiger partial charge in [0.05, 0.1) is 0 Å². The van der Waals surface area contributed by atoms with E-state index in [2.05, 4.69) is 39.9 Å². The molecule has 0 spiro atoms. The first-order chi connectivity index (χ1) is 12.7. The fourth-order valence-corrected chi connectivity index (χ4v) is 2.15. The topological polar surface area (TPSA) is 82.6 Å². The van der Waals surface area contributed by atoms with Gasteiger partial charge in [-0.3, -0.25) is 4.79 Å². The Morgan fingerprint density at radius 3 is 2.46 bits per heavy atom. The fourth-order valence-electron chi connectivity index (χ4n) is 2.15. The largest absolute Gasteiger partial charge is 0.334 e. The molecule has 0 aromatic heterocycles. The summed E-state index contributed by atoms with van der Waals surface area (Å²) in [4.78, 5) is 23.5. The Hall–Kier alpha value is -3.41. The lowest BCUT2D eigenvalue weighted by Gasteiger charge is -2.06. The minimum Gasteiger partial charge on any atom is -0.334 e. The Bertz CT molecular complexity index is 755. The number of anilines is 1. The molecule has 0 bridgehead atoms. The van der Waals surface area contributed by atoms with Crippen molar-refractivity contribution < 1.29 is 9.59 Å². The molecule has 0 saturated heterocycles. The van der Waals surface area contributed by atoms with Crippen LogP contribution in [0.5, 0.6) is 0 Å². The molecular formula is C20H22N4O2. The first kappa shape index (κ1) is 18.9. The minimum absolute atomic E-state index is 0.302. The van der Waals surface area contributed by atoms with E-state index in [9.17, 15) is 9.59 Å². The number of urea groups is 1. The maximum Gasteiger partial charge on any atom is 0.319 e. The third-order valence-corrected chi connectivity index (χ3v) is 3.47. The van der Waals surface area contributed by atoms with Gasteiger partial charge in [0.25, 0.3) is 5.91 Å². The van der Waals surface area contributed by atoms with E-state index in [1.165, 1.54) is 5.56 Å². The first-order valence-corrected chi connectivity index (χ1v) is 8.30. The van der Waals surface area contributed by atoms with Gasteiger partial charge in [0.1, 0.15) is 0 Å². The minimum atomic E-state index is -0.329. The second-order valence-corrected chi connectivity index (χ2v) is 5.48. The summed E-state index contributed by atoms with van der Waals surface area (Å²) in [5.41, 5.74) is 4.77. The summed E-state index contributed by atoms with van der Waals surface area (Å²) in [7, 11) is 0. The molecule has 0 aliphatic carbocycles. The average molecular weight is 350 g/mol. The van der Waals surface area contributed by atoms with Crippen LogP contribution >= 0.6 is 0 Å². The van der Waals surface area contributed by atoms with E-state index in [0.29, 0.717) is 17.8 Å². The molecule has 0 heterocycles. The van der Waals surface area contributed by atoms with Crippen LogP contribution in [0.25, 0.3) is 0 Å². The number of hydrogen-bond acceptors (Lipinski definition) is 3. The Morgan fingerprint density at radius 1 is 1.04 bits per heavy atom. The van der Waals surface area contributed by atoms with Crippen LogP contribution in [-0.2, 0) is 6.42 Å². The van der Waals surface area contributed by atoms with Gasteiger partial charge in [-0.15, -0.1) is 6.58 Å². The Labute approximate surface area is 153 Å². The summed E-state index contributed by atoms with van der Waals surface area (Å²) < 4.78 is 0. The van der Waals surface area contributed by atoms with Crippen molar-refractivity contribution in [3.63, 3.8) is 0 Å². The van der Waals surface area contributed by atoms with Gasteiger partial charge in [0.15, 0.2) is 0 Å². The summed E-state index contributed by atoms with van der Waals surface area (Å²) >= 11 is 0. The lowest BCUT2D eigenvalue weighted by Crippen LogP contribution is -2.28. The second kappa shape index (κ2) is 10.5. The Balaban J connectivity index is 1.75. The predicted molar refractivity (Wildman–Crippen MR) is 104 cm³/mol. The van der Waals surface area contributed by atoms with E-state index < -0.39 is 0 Å². The molecule has 3 amide bonds. The molecule has 0 aliphatic heterocycles. The molecule has 2 rings (SSSR count). The molecule has 2 aromatic carbocycles. The van der Waals surface area contributed by atoms with Gasteiger partial charge in [0, 0.05) is 24.0 Å². The molecule has 6 nitrogen and oxygen atoms in total. The van der Waals surface area contributed by atoms with Crippen LogP contribution in [0.3, 0.4) is 0 Å². The first-order valence-electron chi connectivity index (χ1n) is 8.30. The summed E-state index contributed by atoms with van der Waals surface area (Å²) in [6.07, 6.45) is 4.89. The van der Waals surface area contributed by atoms with Crippen molar-refractivity contribution in [3.8, 4) is 0 Å². The van der Waals surface area contributed by atoms with Crippen molar-refractivity contribution in [1.82, 2.24) is 10.7 Å². The standard InChI is InChI=1S/C20H22N4O2/c1-2-14-21-20(26)23-18-12-10-17(11-13-18)19(25)24-22-15-6-9-16-7-4-3-5-8-16/h2-5,7-8,10-13,15H,1,6,9,14H2,(H,24,25)(H2,21,23,26). The number of nitrogens with zero attached hydrogens (tertiary/aromatic N) is 1. The highest BCUT2D eigenvalue weighted by atomic mass is 16.2. The van der Waals surface area contributed by atoms with Gasteiger partial charge in [-0.2, -0.15) is 5.10 Å². The monoisotopic (exact) mass is 350 g/mol. The maximum atomic E-state index is 12.0. The van der Waals surface area contributed by atoms with E-state index in [1.807, 2.05) is 18.2 Å². The predicted octanol–water partition coefficient (Wildman–Crippen LogP) is 3.34. The van der Waals surface area contributed by atoms with Crippen LogP contribution in [-0.4, -0.2) is 24.7 Å². The second-order valence-electron chi connectivity index (χ2n) is 5.48. The zero-order valence-corrected chi connectivity index (χ0v) is 14.4. The molecule has 0 unspecified atom stereocenters. The normalized spacial score (nSPS) is 10.3. The molecule has 134 valence electrons. The SMILES string of the molecule is C=CCNC(=O)Nc1ccc(C(=O)NN=CCCc2ccccc2)cc1. The number of aryl methyl sites for hydroxylation is 1. The lowest BCUT2D eigenvalue weighted by atomic mass is 10.1. The number of nitrogens with one attached hydrogen (secondary N) is 3. The van der Waals surface area contributed by atoms with Crippen LogP contribution in [0.15, 0.2) is 72.4 Å². The molecule has 0 saturated carbocycles. The van der Waals surface area contributed by atoms with Crippen LogP contribution < -0.4 is 16.1 Å². The van der Waals surface area contributed by atoms with Crippen molar-refractivity contribution in [2.45, 2.75) is 12.8 Å². The van der Waals surface area contributed by atoms with Crippen molar-refractivity contribution in [3.05, 3.63) is 78.4 Å². The highest BCUT2D eigenvalue weighted by molar-refractivity contribution is 5.95. The van der Waals surface area contributed by atoms with Crippen LogP contribution in [0, 0.1) is 0 Å². The molecule has 0 aliphatic rings. The smallest absolute Gasteiger partial charge is 0.319 e. The molecule has 0 atom stereocenters. The quantitative estimate of drug-likeness (QED) is 0.388. The van der Waals surface area contributed by atoms with Crippen molar-refractivity contribution in [2.24, 2.45) is 5.10 Å². The number of hydrogen-bond donors (Lipinski definition) is 3. The number of amides is 3. The fraction of sp³-hybridized carbons (Fsp3) is 0.150. The van der Waals surface area contributed by atoms with E-state index in [1.54, 1.807) is 36.6 Å². The highest BCUT2D eigenvalue weighted by Crippen LogP contribution is 2.09. The number of rotatable bonds is 8. The van der Waals surface area contributed by atoms with Crippen molar-refractivity contribution in [1.29, 1.82) is 0 Å². The third kappa shape index (κ3) is 6.60. The molecule has 26 heavy (non-hydrogen) atoms. The number of carbonyl (C=O) groups is 2. The van der Waals surface area contributed by atoms with E-state index >= 15 is 0 Å². The molecular weight excluding hydrogens is 328 g/mol. The molecule has 3 N–H and O–H groups in total. The van der Waals surface area contributed by atoms with Gasteiger partial charge in [-0.25, -0.2) is 10.2 Å². The van der Waals surface area contributed by atoms with Gasteiger partial charge in [-0.05, 0) is 42.7 Å². The highest BCUT2D eigenvalue weighted by Gasteiger charge is 2.05.